The molecule has 94 valence electrons. The predicted octanol–water partition coefficient (Wildman–Crippen LogP) is 1.60. The van der Waals surface area contributed by atoms with Crippen molar-refractivity contribution in [2.45, 2.75) is 32.7 Å². The van der Waals surface area contributed by atoms with E-state index < -0.39 is 6.04 Å². The molecule has 2 N–H and O–H groups in total. The van der Waals surface area contributed by atoms with Crippen molar-refractivity contribution in [1.29, 1.82) is 0 Å². The van der Waals surface area contributed by atoms with Gasteiger partial charge in [-0.2, -0.15) is 0 Å². The molecule has 0 saturated carbocycles. The zero-order chi connectivity index (χ0) is 12.8. The van der Waals surface area contributed by atoms with E-state index in [4.69, 9.17) is 5.73 Å². The van der Waals surface area contributed by atoms with Gasteiger partial charge >= 0.3 is 0 Å². The largest absolute Gasteiger partial charge is 0.344 e. The minimum atomic E-state index is -0.414. The Morgan fingerprint density at radius 1 is 1.29 bits per heavy atom. The van der Waals surface area contributed by atoms with Crippen molar-refractivity contribution >= 4 is 5.91 Å². The third kappa shape index (κ3) is 4.19. The second-order valence-corrected chi connectivity index (χ2v) is 4.47. The van der Waals surface area contributed by atoms with Crippen LogP contribution in [0.3, 0.4) is 0 Å². The maximum Gasteiger partial charge on any atom is 0.238 e. The molecule has 3 nitrogen and oxygen atoms in total. The van der Waals surface area contributed by atoms with E-state index in [0.717, 1.165) is 12.8 Å². The molecule has 0 spiro atoms. The molecule has 1 unspecified atom stereocenters. The van der Waals surface area contributed by atoms with Crippen molar-refractivity contribution in [1.82, 2.24) is 4.90 Å². The lowest BCUT2D eigenvalue weighted by atomic mass is 10.1. The fraction of sp³-hybridized carbons (Fsp3) is 0.500. The first-order valence-electron chi connectivity index (χ1n) is 6.13. The van der Waals surface area contributed by atoms with Crippen LogP contribution in [0.5, 0.6) is 0 Å². The van der Waals surface area contributed by atoms with Gasteiger partial charge in [-0.3, -0.25) is 4.79 Å². The molecule has 1 amide bonds. The molecule has 3 heteroatoms. The van der Waals surface area contributed by atoms with Crippen LogP contribution < -0.4 is 5.73 Å². The summed E-state index contributed by atoms with van der Waals surface area (Å²) in [6, 6.07) is 8.12. The highest BCUT2D eigenvalue weighted by molar-refractivity contribution is 5.80. The minimum absolute atomic E-state index is 0.00446. The number of hydrogen-bond donors (Lipinski definition) is 1. The van der Waals surface area contributed by atoms with Crippen molar-refractivity contribution < 1.29 is 4.79 Å². The van der Waals surface area contributed by atoms with Crippen LogP contribution in [0.1, 0.15) is 25.0 Å². The normalized spacial score (nSPS) is 12.2. The van der Waals surface area contributed by atoms with Gasteiger partial charge in [0.25, 0.3) is 0 Å². The van der Waals surface area contributed by atoms with E-state index in [9.17, 15) is 4.79 Å². The number of likely N-dealkylation sites (N-methyl/N-ethyl adjacent to an activating group) is 1. The van der Waals surface area contributed by atoms with Crippen LogP contribution in [-0.2, 0) is 17.6 Å². The molecule has 0 radical (unpaired) electrons. The minimum Gasteiger partial charge on any atom is -0.344 e. The number of amides is 1. The lowest BCUT2D eigenvalue weighted by Crippen LogP contribution is -2.40. The molecule has 0 saturated heterocycles. The van der Waals surface area contributed by atoms with E-state index in [-0.39, 0.29) is 5.91 Å². The van der Waals surface area contributed by atoms with Gasteiger partial charge in [0.2, 0.25) is 5.91 Å². The average Bonchev–Trinajstić information content (AvgIpc) is 2.35. The van der Waals surface area contributed by atoms with Crippen LogP contribution in [0.15, 0.2) is 24.3 Å². The van der Waals surface area contributed by atoms with Crippen LogP contribution in [0.2, 0.25) is 0 Å². The standard InChI is InChI=1S/C14H22N2O/c1-4-12-5-7-13(8-6-12)9-10-16(3)14(17)11(2)15/h5-8,11H,4,9-10,15H2,1-3H3. The Balaban J connectivity index is 2.47. The highest BCUT2D eigenvalue weighted by Crippen LogP contribution is 2.06. The number of benzene rings is 1. The Kier molecular flexibility index (Phi) is 5.16. The summed E-state index contributed by atoms with van der Waals surface area (Å²) >= 11 is 0. The summed E-state index contributed by atoms with van der Waals surface area (Å²) in [5, 5.41) is 0. The van der Waals surface area contributed by atoms with E-state index in [1.165, 1.54) is 11.1 Å². The molecule has 17 heavy (non-hydrogen) atoms. The van der Waals surface area contributed by atoms with Gasteiger partial charge in [-0.05, 0) is 30.9 Å². The summed E-state index contributed by atoms with van der Waals surface area (Å²) in [4.78, 5) is 13.3. The van der Waals surface area contributed by atoms with Gasteiger partial charge in [0.1, 0.15) is 0 Å². The molecular weight excluding hydrogens is 212 g/mol. The Bertz CT molecular complexity index is 357. The van der Waals surface area contributed by atoms with Gasteiger partial charge < -0.3 is 10.6 Å². The van der Waals surface area contributed by atoms with Crippen LogP contribution in [0.25, 0.3) is 0 Å². The van der Waals surface area contributed by atoms with Crippen LogP contribution >= 0.6 is 0 Å². The number of nitrogens with zero attached hydrogens (tertiary/aromatic N) is 1. The topological polar surface area (TPSA) is 46.3 Å². The second kappa shape index (κ2) is 6.40. The Morgan fingerprint density at radius 3 is 2.29 bits per heavy atom. The zero-order valence-corrected chi connectivity index (χ0v) is 10.9. The SMILES string of the molecule is CCc1ccc(CCN(C)C(=O)C(C)N)cc1. The number of aryl methyl sites for hydroxylation is 1. The van der Waals surface area contributed by atoms with Crippen LogP contribution in [0, 0.1) is 0 Å². The molecule has 0 fully saturated rings. The van der Waals surface area contributed by atoms with E-state index in [1.807, 2.05) is 0 Å². The summed E-state index contributed by atoms with van der Waals surface area (Å²) in [7, 11) is 1.80. The highest BCUT2D eigenvalue weighted by atomic mass is 16.2. The summed E-state index contributed by atoms with van der Waals surface area (Å²) in [5.74, 6) is -0.00446. The fourth-order valence-corrected chi connectivity index (χ4v) is 1.70. The van der Waals surface area contributed by atoms with E-state index in [2.05, 4.69) is 31.2 Å². The number of rotatable bonds is 5. The Morgan fingerprint density at radius 2 is 1.82 bits per heavy atom. The highest BCUT2D eigenvalue weighted by Gasteiger charge is 2.12. The van der Waals surface area contributed by atoms with Crippen molar-refractivity contribution in [2.24, 2.45) is 5.73 Å². The Hall–Kier alpha value is -1.35. The van der Waals surface area contributed by atoms with Crippen molar-refractivity contribution in [3.8, 4) is 0 Å². The summed E-state index contributed by atoms with van der Waals surface area (Å²) in [5.41, 5.74) is 8.15. The Labute approximate surface area is 104 Å². The molecule has 0 aromatic heterocycles. The molecule has 1 atom stereocenters. The third-order valence-electron chi connectivity index (χ3n) is 2.93. The molecule has 1 aromatic rings. The molecule has 0 bridgehead atoms. The smallest absolute Gasteiger partial charge is 0.238 e. The number of hydrogen-bond acceptors (Lipinski definition) is 2. The van der Waals surface area contributed by atoms with Crippen molar-refractivity contribution in [3.63, 3.8) is 0 Å². The number of nitrogens with two attached hydrogens (primary N) is 1. The number of carbonyl (C=O) groups excluding carboxylic acids is 1. The fourth-order valence-electron chi connectivity index (χ4n) is 1.70. The van der Waals surface area contributed by atoms with Gasteiger partial charge in [-0.25, -0.2) is 0 Å². The molecule has 0 aliphatic carbocycles. The first kappa shape index (κ1) is 13.7. The predicted molar refractivity (Wildman–Crippen MR) is 70.8 cm³/mol. The van der Waals surface area contributed by atoms with Gasteiger partial charge in [0.05, 0.1) is 6.04 Å². The molecule has 0 aliphatic rings. The number of carbonyl (C=O) groups is 1. The lowest BCUT2D eigenvalue weighted by Gasteiger charge is -2.19. The third-order valence-corrected chi connectivity index (χ3v) is 2.93. The summed E-state index contributed by atoms with van der Waals surface area (Å²) in [6.45, 7) is 4.57. The monoisotopic (exact) mass is 234 g/mol. The first-order chi connectivity index (χ1) is 8.04. The maximum atomic E-state index is 11.6. The van der Waals surface area contributed by atoms with Gasteiger partial charge in [0.15, 0.2) is 0 Å². The van der Waals surface area contributed by atoms with Crippen molar-refractivity contribution in [3.05, 3.63) is 35.4 Å². The zero-order valence-electron chi connectivity index (χ0n) is 10.9. The second-order valence-electron chi connectivity index (χ2n) is 4.47. The van der Waals surface area contributed by atoms with Crippen LogP contribution in [0.4, 0.5) is 0 Å². The van der Waals surface area contributed by atoms with Crippen LogP contribution in [-0.4, -0.2) is 30.4 Å². The summed E-state index contributed by atoms with van der Waals surface area (Å²) in [6.07, 6.45) is 1.93. The molecule has 0 aliphatic heterocycles. The summed E-state index contributed by atoms with van der Waals surface area (Å²) < 4.78 is 0. The van der Waals surface area contributed by atoms with Gasteiger partial charge in [-0.1, -0.05) is 31.2 Å². The molecule has 1 rings (SSSR count). The average molecular weight is 234 g/mol. The van der Waals surface area contributed by atoms with Crippen molar-refractivity contribution in [2.75, 3.05) is 13.6 Å². The van der Waals surface area contributed by atoms with Gasteiger partial charge in [-0.15, -0.1) is 0 Å². The molecular formula is C14H22N2O. The molecule has 1 aromatic carbocycles. The quantitative estimate of drug-likeness (QED) is 0.841. The maximum absolute atomic E-state index is 11.6. The first-order valence-corrected chi connectivity index (χ1v) is 6.13. The van der Waals surface area contributed by atoms with E-state index >= 15 is 0 Å². The molecule has 0 heterocycles. The lowest BCUT2D eigenvalue weighted by molar-refractivity contribution is -0.130. The van der Waals surface area contributed by atoms with Gasteiger partial charge in [0, 0.05) is 13.6 Å². The van der Waals surface area contributed by atoms with E-state index in [0.29, 0.717) is 6.54 Å². The van der Waals surface area contributed by atoms with E-state index in [1.54, 1.807) is 18.9 Å².